The molecule has 1 amide bonds. The Morgan fingerprint density at radius 3 is 2.60 bits per heavy atom. The van der Waals surface area contributed by atoms with Crippen LogP contribution in [0.1, 0.15) is 41.6 Å². The largest absolute Gasteiger partial charge is 0.418 e. The zero-order chi connectivity index (χ0) is 25.1. The normalized spacial score (nSPS) is 12.1. The topological polar surface area (TPSA) is 133 Å². The molecule has 0 aliphatic carbocycles. The van der Waals surface area contributed by atoms with Gasteiger partial charge in [-0.25, -0.2) is 0 Å². The molecule has 0 spiro atoms. The molecule has 0 fully saturated rings. The highest BCUT2D eigenvalue weighted by molar-refractivity contribution is 5.98. The third-order valence-corrected chi connectivity index (χ3v) is 5.71. The van der Waals surface area contributed by atoms with E-state index in [1.165, 1.54) is 4.57 Å². The number of aryl methyl sites for hydroxylation is 1. The van der Waals surface area contributed by atoms with Crippen LogP contribution in [0.3, 0.4) is 0 Å². The van der Waals surface area contributed by atoms with E-state index in [1.54, 1.807) is 32.0 Å². The van der Waals surface area contributed by atoms with Gasteiger partial charge in [-0.05, 0) is 30.5 Å². The van der Waals surface area contributed by atoms with E-state index in [0.717, 1.165) is 16.5 Å². The minimum Gasteiger partial charge on any atom is -0.418 e. The molecule has 2 aromatic heterocycles. The third kappa shape index (κ3) is 5.29. The highest BCUT2D eigenvalue weighted by atomic mass is 16.4. The van der Waals surface area contributed by atoms with Gasteiger partial charge in [-0.1, -0.05) is 61.9 Å². The van der Waals surface area contributed by atoms with Crippen molar-refractivity contribution in [3.8, 4) is 0 Å². The number of hydrogen-bond acceptors (Lipinski definition) is 7. The highest BCUT2D eigenvalue weighted by Gasteiger charge is 2.30. The molecule has 3 N–H and O–H groups in total. The van der Waals surface area contributed by atoms with Crippen LogP contribution >= 0.6 is 0 Å². The molecule has 0 bridgehead atoms. The Bertz CT molecular complexity index is 1450. The summed E-state index contributed by atoms with van der Waals surface area (Å²) in [5.74, 6) is -1.10. The van der Waals surface area contributed by atoms with Crippen molar-refractivity contribution >= 4 is 28.3 Å². The Morgan fingerprint density at radius 2 is 1.86 bits per heavy atom. The predicted octanol–water partition coefficient (Wildman–Crippen LogP) is 2.89. The van der Waals surface area contributed by atoms with Gasteiger partial charge in [-0.2, -0.15) is 0 Å². The summed E-state index contributed by atoms with van der Waals surface area (Å²) >= 11 is 0. The van der Waals surface area contributed by atoms with Crippen LogP contribution < -0.4 is 16.6 Å². The number of nitrogen functional groups attached to an aromatic ring is 1. The molecule has 0 saturated heterocycles. The maximum Gasteiger partial charge on any atom is 0.286 e. The summed E-state index contributed by atoms with van der Waals surface area (Å²) in [6.07, 6.45) is 0.395. The van der Waals surface area contributed by atoms with Crippen molar-refractivity contribution in [3.05, 3.63) is 87.9 Å². The molecule has 4 aromatic rings. The van der Waals surface area contributed by atoms with Crippen molar-refractivity contribution in [2.75, 3.05) is 5.73 Å². The monoisotopic (exact) mass is 473 g/mol. The van der Waals surface area contributed by atoms with Gasteiger partial charge in [0.2, 0.25) is 17.6 Å². The maximum atomic E-state index is 13.1. The number of pyridine rings is 1. The quantitative estimate of drug-likeness (QED) is 0.376. The standard InChI is InChI=1S/C26H27N5O4/c1-15(2)23(24(33)25-30-29-22(35-25)12-17-8-6-7-16(3)11-17)28-21(32)14-31-20-10-5-4-9-18(20)13-19(27)26(31)34/h4-11,13,15,23H,12,14,27H2,1-3H3,(H,28,32). The van der Waals surface area contributed by atoms with Gasteiger partial charge >= 0.3 is 0 Å². The van der Waals surface area contributed by atoms with Crippen LogP contribution in [0, 0.1) is 12.8 Å². The van der Waals surface area contributed by atoms with Crippen molar-refractivity contribution in [1.82, 2.24) is 20.1 Å². The molecule has 9 nitrogen and oxygen atoms in total. The molecule has 1 unspecified atom stereocenters. The average molecular weight is 474 g/mol. The number of nitrogens with two attached hydrogens (primary N) is 1. The lowest BCUT2D eigenvalue weighted by Crippen LogP contribution is -2.46. The van der Waals surface area contributed by atoms with Gasteiger partial charge in [0, 0.05) is 5.39 Å². The average Bonchev–Trinajstić information content (AvgIpc) is 3.28. The second-order valence-electron chi connectivity index (χ2n) is 8.87. The van der Waals surface area contributed by atoms with E-state index in [0.29, 0.717) is 17.8 Å². The Hall–Kier alpha value is -4.27. The van der Waals surface area contributed by atoms with Crippen LogP contribution in [-0.4, -0.2) is 32.5 Å². The van der Waals surface area contributed by atoms with Crippen LogP contribution in [0.4, 0.5) is 5.69 Å². The fraction of sp³-hybridized carbons (Fsp3) is 0.269. The molecule has 180 valence electrons. The zero-order valence-electron chi connectivity index (χ0n) is 19.8. The molecular formula is C26H27N5O4. The van der Waals surface area contributed by atoms with E-state index in [4.69, 9.17) is 10.2 Å². The van der Waals surface area contributed by atoms with Crippen molar-refractivity contribution in [2.24, 2.45) is 5.92 Å². The van der Waals surface area contributed by atoms with E-state index >= 15 is 0 Å². The Kier molecular flexibility index (Phi) is 6.77. The first kappa shape index (κ1) is 23.9. The maximum absolute atomic E-state index is 13.1. The molecule has 4 rings (SSSR count). The Balaban J connectivity index is 1.51. The number of nitrogens with one attached hydrogen (secondary N) is 1. The van der Waals surface area contributed by atoms with Gasteiger partial charge in [-0.15, -0.1) is 10.2 Å². The van der Waals surface area contributed by atoms with Gasteiger partial charge in [0.05, 0.1) is 23.7 Å². The number of benzene rings is 2. The van der Waals surface area contributed by atoms with Gasteiger partial charge in [0.25, 0.3) is 11.4 Å². The van der Waals surface area contributed by atoms with E-state index in [-0.39, 0.29) is 24.0 Å². The predicted molar refractivity (Wildman–Crippen MR) is 132 cm³/mol. The molecule has 2 heterocycles. The summed E-state index contributed by atoms with van der Waals surface area (Å²) in [6.45, 7) is 5.30. The summed E-state index contributed by atoms with van der Waals surface area (Å²) < 4.78 is 6.92. The van der Waals surface area contributed by atoms with Crippen molar-refractivity contribution in [3.63, 3.8) is 0 Å². The number of amides is 1. The van der Waals surface area contributed by atoms with E-state index in [2.05, 4.69) is 15.5 Å². The molecule has 1 atom stereocenters. The number of ketones is 1. The summed E-state index contributed by atoms with van der Waals surface area (Å²) in [5, 5.41) is 11.4. The van der Waals surface area contributed by atoms with Crippen LogP contribution in [0.5, 0.6) is 0 Å². The van der Waals surface area contributed by atoms with E-state index < -0.39 is 23.3 Å². The first-order chi connectivity index (χ1) is 16.7. The van der Waals surface area contributed by atoms with E-state index in [9.17, 15) is 14.4 Å². The number of aromatic nitrogens is 3. The van der Waals surface area contributed by atoms with Crippen LogP contribution in [0.15, 0.2) is 63.8 Å². The molecule has 9 heteroatoms. The van der Waals surface area contributed by atoms with Crippen molar-refractivity contribution in [1.29, 1.82) is 0 Å². The van der Waals surface area contributed by atoms with Crippen LogP contribution in [0.2, 0.25) is 0 Å². The minimum absolute atomic E-state index is 0.0417. The number of nitrogens with zero attached hydrogens (tertiary/aromatic N) is 3. The number of anilines is 1. The molecule has 2 aromatic carbocycles. The second kappa shape index (κ2) is 9.92. The molecule has 0 saturated carbocycles. The molecule has 35 heavy (non-hydrogen) atoms. The summed E-state index contributed by atoms with van der Waals surface area (Å²) in [7, 11) is 0. The van der Waals surface area contributed by atoms with Gasteiger partial charge < -0.3 is 15.5 Å². The second-order valence-corrected chi connectivity index (χ2v) is 8.87. The Labute approximate surface area is 202 Å². The molecule has 0 radical (unpaired) electrons. The highest BCUT2D eigenvalue weighted by Crippen LogP contribution is 2.16. The minimum atomic E-state index is -0.905. The van der Waals surface area contributed by atoms with Gasteiger partial charge in [-0.3, -0.25) is 19.0 Å². The number of Topliss-reactive ketones (excluding diaryl/α,β-unsaturated/α-hetero) is 1. The Morgan fingerprint density at radius 1 is 1.09 bits per heavy atom. The van der Waals surface area contributed by atoms with Gasteiger partial charge in [0.1, 0.15) is 6.54 Å². The lowest BCUT2D eigenvalue weighted by molar-refractivity contribution is -0.122. The lowest BCUT2D eigenvalue weighted by Gasteiger charge is -2.20. The molecule has 0 aliphatic heterocycles. The number of hydrogen-bond donors (Lipinski definition) is 2. The first-order valence-electron chi connectivity index (χ1n) is 11.3. The SMILES string of the molecule is Cc1cccc(Cc2nnc(C(=O)C(NC(=O)Cn3c(=O)c(N)cc4ccccc43)C(C)C)o2)c1. The number of rotatable bonds is 8. The first-order valence-corrected chi connectivity index (χ1v) is 11.3. The summed E-state index contributed by atoms with van der Waals surface area (Å²) in [6, 6.07) is 15.7. The lowest BCUT2D eigenvalue weighted by atomic mass is 9.99. The molecular weight excluding hydrogens is 446 g/mol. The van der Waals surface area contributed by atoms with E-state index in [1.807, 2.05) is 43.3 Å². The smallest absolute Gasteiger partial charge is 0.286 e. The number of carbonyl (C=O) groups is 2. The number of fused-ring (bicyclic) bond motifs is 1. The fourth-order valence-corrected chi connectivity index (χ4v) is 3.96. The van der Waals surface area contributed by atoms with Crippen molar-refractivity contribution < 1.29 is 14.0 Å². The van der Waals surface area contributed by atoms with Crippen LogP contribution in [-0.2, 0) is 17.8 Å². The number of carbonyl (C=O) groups excluding carboxylic acids is 2. The third-order valence-electron chi connectivity index (χ3n) is 5.71. The zero-order valence-corrected chi connectivity index (χ0v) is 19.8. The van der Waals surface area contributed by atoms with Crippen molar-refractivity contribution in [2.45, 2.75) is 39.8 Å². The van der Waals surface area contributed by atoms with Crippen LogP contribution in [0.25, 0.3) is 10.9 Å². The molecule has 0 aliphatic rings. The fourth-order valence-electron chi connectivity index (χ4n) is 3.96. The van der Waals surface area contributed by atoms with Gasteiger partial charge in [0.15, 0.2) is 0 Å². The number of para-hydroxylation sites is 1. The summed E-state index contributed by atoms with van der Waals surface area (Å²) in [4.78, 5) is 38.7. The summed E-state index contributed by atoms with van der Waals surface area (Å²) in [5.41, 5.74) is 8.10.